The molecule has 0 aromatic heterocycles. The van der Waals surface area contributed by atoms with Gasteiger partial charge in [-0.15, -0.1) is 5.01 Å². The number of fused-ring (bicyclic) bond motifs is 1. The molecule has 0 amide bonds. The number of hydrogen-bond acceptors (Lipinski definition) is 4. The van der Waals surface area contributed by atoms with Crippen LogP contribution >= 0.6 is 0 Å². The smallest absolute Gasteiger partial charge is 0.298 e. The zero-order valence-electron chi connectivity index (χ0n) is 4.90. The second-order valence-electron chi connectivity index (χ2n) is 1.65. The van der Waals surface area contributed by atoms with E-state index in [-0.39, 0.29) is 12.4 Å². The normalized spacial score (nSPS) is 25.6. The largest absolute Gasteiger partial charge is 1.00 e. The fraction of sp³-hybridized carbons (Fsp3) is 0. The first-order valence-electron chi connectivity index (χ1n) is 2.52. The van der Waals surface area contributed by atoms with Gasteiger partial charge in [0.25, 0.3) is 5.84 Å². The summed E-state index contributed by atoms with van der Waals surface area (Å²) in [6.45, 7) is 0. The van der Waals surface area contributed by atoms with Gasteiger partial charge in [0.05, 0.1) is 11.4 Å². The summed E-state index contributed by atoms with van der Waals surface area (Å²) in [5.41, 5.74) is 0. The molecular weight excluding hydrogens is 154 g/mol. The minimum absolute atomic E-state index is 0. The van der Waals surface area contributed by atoms with Gasteiger partial charge < -0.3 is 12.4 Å². The van der Waals surface area contributed by atoms with Crippen molar-refractivity contribution >= 4 is 12.1 Å². The summed E-state index contributed by atoms with van der Waals surface area (Å²) in [4.78, 5) is 3.84. The number of aliphatic imine (C=N–C) groups is 1. The second kappa shape index (κ2) is 2.68. The zero-order valence-corrected chi connectivity index (χ0v) is 5.65. The lowest BCUT2D eigenvalue weighted by Gasteiger charge is -1.98. The lowest BCUT2D eigenvalue weighted by molar-refractivity contribution is -0.753. The summed E-state index contributed by atoms with van der Waals surface area (Å²) in [5.74, 6) is 0.748. The van der Waals surface area contributed by atoms with E-state index in [0.717, 1.165) is 10.8 Å². The Balaban J connectivity index is 0.000000500. The van der Waals surface area contributed by atoms with Gasteiger partial charge >= 0.3 is 0 Å². The number of amidine groups is 1. The van der Waals surface area contributed by atoms with E-state index < -0.39 is 0 Å². The Labute approximate surface area is 63.2 Å². The lowest BCUT2D eigenvalue weighted by Crippen LogP contribution is -3.05. The molecule has 2 aliphatic heterocycles. The molecule has 6 heteroatoms. The molecule has 0 saturated heterocycles. The van der Waals surface area contributed by atoms with Crippen LogP contribution in [0.2, 0.25) is 0 Å². The van der Waals surface area contributed by atoms with E-state index in [2.05, 4.69) is 20.5 Å². The monoisotopic (exact) mass is 157 g/mol. The molecular formula is C4H4ClN5. The molecule has 0 aromatic rings. The molecule has 0 saturated carbocycles. The molecule has 1 N–H and O–H groups in total. The number of quaternary nitrogens is 1. The van der Waals surface area contributed by atoms with Gasteiger partial charge in [0.1, 0.15) is 12.4 Å². The minimum atomic E-state index is 0. The molecule has 2 aliphatic rings. The quantitative estimate of drug-likeness (QED) is 0.374. The molecule has 0 bridgehead atoms. The summed E-state index contributed by atoms with van der Waals surface area (Å²) in [5, 5.41) is 11.7. The lowest BCUT2D eigenvalue weighted by atomic mass is 10.5. The molecule has 2 heterocycles. The van der Waals surface area contributed by atoms with Gasteiger partial charge in [0, 0.05) is 5.22 Å². The van der Waals surface area contributed by atoms with E-state index in [9.17, 15) is 0 Å². The van der Waals surface area contributed by atoms with Crippen LogP contribution in [0.15, 0.2) is 32.9 Å². The topological polar surface area (TPSA) is 53.9 Å². The standard InChI is InChI=1S/C4H3N5.ClH/c1-2-9-4(3-5-1)6-7-8-9;/h1-3H;1H. The molecule has 1 atom stereocenters. The third-order valence-electron chi connectivity index (χ3n) is 1.08. The maximum atomic E-state index is 3.84. The van der Waals surface area contributed by atoms with E-state index in [4.69, 9.17) is 0 Å². The molecule has 0 fully saturated rings. The first-order chi connectivity index (χ1) is 4.47. The van der Waals surface area contributed by atoms with E-state index in [1.807, 2.05) is 0 Å². The van der Waals surface area contributed by atoms with Gasteiger partial charge in [-0.2, -0.15) is 0 Å². The average molecular weight is 158 g/mol. The molecule has 5 nitrogen and oxygen atoms in total. The van der Waals surface area contributed by atoms with Crippen molar-refractivity contribution in [1.29, 1.82) is 0 Å². The summed E-state index contributed by atoms with van der Waals surface area (Å²) in [6, 6.07) is 0. The highest BCUT2D eigenvalue weighted by Gasteiger charge is 2.19. The second-order valence-corrected chi connectivity index (χ2v) is 1.65. The number of nitrogens with one attached hydrogen (secondary N) is 1. The molecule has 0 aliphatic carbocycles. The molecule has 2 rings (SSSR count). The van der Waals surface area contributed by atoms with Crippen molar-refractivity contribution in [2.75, 3.05) is 0 Å². The highest BCUT2D eigenvalue weighted by atomic mass is 35.5. The van der Waals surface area contributed by atoms with Crippen molar-refractivity contribution in [2.24, 2.45) is 20.5 Å². The summed E-state index contributed by atoms with van der Waals surface area (Å²) in [7, 11) is 0. The summed E-state index contributed by atoms with van der Waals surface area (Å²) in [6.07, 6.45) is 5.07. The van der Waals surface area contributed by atoms with Gasteiger partial charge in [-0.25, -0.2) is 0 Å². The Hall–Kier alpha value is -1.07. The van der Waals surface area contributed by atoms with Crippen LogP contribution in [0, 0.1) is 0 Å². The third-order valence-corrected chi connectivity index (χ3v) is 1.08. The van der Waals surface area contributed by atoms with Crippen molar-refractivity contribution in [1.82, 2.24) is 0 Å². The molecule has 0 spiro atoms. The highest BCUT2D eigenvalue weighted by molar-refractivity contribution is 6.25. The van der Waals surface area contributed by atoms with E-state index >= 15 is 0 Å². The number of hydrogen-bond donors (Lipinski definition) is 1. The van der Waals surface area contributed by atoms with E-state index in [0.29, 0.717) is 0 Å². The minimum Gasteiger partial charge on any atom is -1.00 e. The number of nitrogens with zero attached hydrogens (tertiary/aromatic N) is 4. The maximum absolute atomic E-state index is 3.84. The molecule has 1 unspecified atom stereocenters. The number of halogens is 1. The van der Waals surface area contributed by atoms with Gasteiger partial charge in [-0.3, -0.25) is 4.99 Å². The summed E-state index contributed by atoms with van der Waals surface area (Å²) >= 11 is 0. The first kappa shape index (κ1) is 7.04. The predicted molar refractivity (Wildman–Crippen MR) is 30.9 cm³/mol. The first-order valence-corrected chi connectivity index (χ1v) is 2.52. The Morgan fingerprint density at radius 3 is 3.10 bits per heavy atom. The fourth-order valence-corrected chi connectivity index (χ4v) is 0.659. The third kappa shape index (κ3) is 0.960. The highest BCUT2D eigenvalue weighted by Crippen LogP contribution is 1.84. The van der Waals surface area contributed by atoms with Crippen molar-refractivity contribution in [3.8, 4) is 0 Å². The van der Waals surface area contributed by atoms with Gasteiger partial charge in [-0.1, -0.05) is 5.10 Å². The van der Waals surface area contributed by atoms with Crippen LogP contribution in [0.1, 0.15) is 0 Å². The van der Waals surface area contributed by atoms with Gasteiger partial charge in [0.15, 0.2) is 0 Å². The number of rotatable bonds is 0. The van der Waals surface area contributed by atoms with Crippen LogP contribution in [-0.2, 0) is 0 Å². The molecule has 0 radical (unpaired) electrons. The summed E-state index contributed by atoms with van der Waals surface area (Å²) < 4.78 is 0. The SMILES string of the molecule is C1=C[NH+]2N=NN=C2C=N1.[Cl-]. The van der Waals surface area contributed by atoms with Crippen molar-refractivity contribution in [3.05, 3.63) is 12.4 Å². The van der Waals surface area contributed by atoms with Crippen LogP contribution in [0.4, 0.5) is 0 Å². The Morgan fingerprint density at radius 1 is 1.40 bits per heavy atom. The fourth-order valence-electron chi connectivity index (χ4n) is 0.659. The van der Waals surface area contributed by atoms with Gasteiger partial charge in [0.2, 0.25) is 0 Å². The van der Waals surface area contributed by atoms with Crippen LogP contribution in [0.5, 0.6) is 0 Å². The van der Waals surface area contributed by atoms with Crippen molar-refractivity contribution in [2.45, 2.75) is 0 Å². The van der Waals surface area contributed by atoms with Crippen molar-refractivity contribution in [3.63, 3.8) is 0 Å². The molecule has 52 valence electrons. The Morgan fingerprint density at radius 2 is 2.30 bits per heavy atom. The van der Waals surface area contributed by atoms with Crippen LogP contribution in [0.25, 0.3) is 0 Å². The maximum Gasteiger partial charge on any atom is 0.298 e. The Kier molecular flexibility index (Phi) is 1.88. The van der Waals surface area contributed by atoms with Crippen LogP contribution in [0.3, 0.4) is 0 Å². The molecule has 0 aromatic carbocycles. The van der Waals surface area contributed by atoms with Gasteiger partial charge in [-0.05, 0) is 0 Å². The van der Waals surface area contributed by atoms with Crippen molar-refractivity contribution < 1.29 is 17.4 Å². The van der Waals surface area contributed by atoms with Crippen LogP contribution < -0.4 is 17.4 Å². The van der Waals surface area contributed by atoms with E-state index in [1.165, 1.54) is 0 Å². The Bertz CT molecular complexity index is 240. The predicted octanol–water partition coefficient (Wildman–Crippen LogP) is -3.87. The average Bonchev–Trinajstić information content (AvgIpc) is 2.33. The van der Waals surface area contributed by atoms with E-state index in [1.54, 1.807) is 18.6 Å². The zero-order chi connectivity index (χ0) is 6.10. The molecule has 10 heavy (non-hydrogen) atoms. The van der Waals surface area contributed by atoms with Crippen LogP contribution in [-0.4, -0.2) is 12.1 Å².